The lowest BCUT2D eigenvalue weighted by atomic mass is 10.1. The quantitative estimate of drug-likeness (QED) is 0.653. The molecule has 0 saturated carbocycles. The van der Waals surface area contributed by atoms with Crippen LogP contribution in [0.4, 0.5) is 11.8 Å². The molecule has 3 aromatic heterocycles. The maximum atomic E-state index is 5.53. The number of morpholine rings is 1. The Morgan fingerprint density at radius 2 is 1.73 bits per heavy atom. The normalized spacial score (nSPS) is 17.4. The highest BCUT2D eigenvalue weighted by atomic mass is 16.5. The third-order valence-corrected chi connectivity index (χ3v) is 5.66. The number of rotatable bonds is 4. The topological polar surface area (TPSA) is 80.4 Å². The fraction of sp³-hybridized carbons (Fsp3) is 0.455. The Morgan fingerprint density at radius 3 is 2.43 bits per heavy atom. The standard InChI is InChI=1S/C22H26N6O2/c1-16-13-19(30-26-16)18-15-24-22(28-7-3-2-4-8-28)25-21(18)17-5-6-20(23-14-17)27-9-11-29-12-10-27/h5-6,13-15H,2-4,7-12H2,1H3. The first-order valence-corrected chi connectivity index (χ1v) is 10.6. The first-order chi connectivity index (χ1) is 14.8. The van der Waals surface area contributed by atoms with E-state index in [1.54, 1.807) is 0 Å². The summed E-state index contributed by atoms with van der Waals surface area (Å²) in [5.41, 5.74) is 3.42. The van der Waals surface area contributed by atoms with Crippen molar-refractivity contribution in [3.8, 4) is 22.6 Å². The molecule has 156 valence electrons. The van der Waals surface area contributed by atoms with E-state index in [9.17, 15) is 0 Å². The summed E-state index contributed by atoms with van der Waals surface area (Å²) >= 11 is 0. The van der Waals surface area contributed by atoms with Gasteiger partial charge in [-0.15, -0.1) is 0 Å². The highest BCUT2D eigenvalue weighted by Gasteiger charge is 2.20. The van der Waals surface area contributed by atoms with Crippen molar-refractivity contribution in [1.82, 2.24) is 20.1 Å². The summed E-state index contributed by atoms with van der Waals surface area (Å²) in [6.07, 6.45) is 7.36. The SMILES string of the molecule is Cc1cc(-c2cnc(N3CCCCC3)nc2-c2ccc(N3CCOCC3)nc2)on1. The molecule has 0 N–H and O–H groups in total. The Kier molecular flexibility index (Phi) is 5.31. The van der Waals surface area contributed by atoms with E-state index in [2.05, 4.69) is 32.1 Å². The van der Waals surface area contributed by atoms with Crippen molar-refractivity contribution in [2.45, 2.75) is 26.2 Å². The van der Waals surface area contributed by atoms with Gasteiger partial charge in [0.25, 0.3) is 0 Å². The number of aromatic nitrogens is 4. The van der Waals surface area contributed by atoms with Crippen molar-refractivity contribution in [1.29, 1.82) is 0 Å². The molecule has 0 bridgehead atoms. The van der Waals surface area contributed by atoms with E-state index in [1.165, 1.54) is 19.3 Å². The lowest BCUT2D eigenvalue weighted by Gasteiger charge is -2.28. The molecule has 0 aliphatic carbocycles. The van der Waals surface area contributed by atoms with Crippen LogP contribution >= 0.6 is 0 Å². The summed E-state index contributed by atoms with van der Waals surface area (Å²) in [5, 5.41) is 4.04. The average Bonchev–Trinajstić information content (AvgIpc) is 3.26. The van der Waals surface area contributed by atoms with Gasteiger partial charge in [-0.1, -0.05) is 5.16 Å². The molecule has 30 heavy (non-hydrogen) atoms. The third kappa shape index (κ3) is 3.87. The number of pyridine rings is 1. The van der Waals surface area contributed by atoms with Crippen molar-refractivity contribution in [3.63, 3.8) is 0 Å². The number of nitrogens with zero attached hydrogens (tertiary/aromatic N) is 6. The van der Waals surface area contributed by atoms with E-state index in [4.69, 9.17) is 19.2 Å². The van der Waals surface area contributed by atoms with Crippen molar-refractivity contribution in [2.24, 2.45) is 0 Å². The first-order valence-electron chi connectivity index (χ1n) is 10.6. The van der Waals surface area contributed by atoms with Crippen molar-refractivity contribution in [3.05, 3.63) is 36.3 Å². The molecule has 0 atom stereocenters. The van der Waals surface area contributed by atoms with Gasteiger partial charge < -0.3 is 19.1 Å². The molecule has 0 unspecified atom stereocenters. The fourth-order valence-electron chi connectivity index (χ4n) is 4.02. The second-order valence-corrected chi connectivity index (χ2v) is 7.82. The van der Waals surface area contributed by atoms with E-state index in [-0.39, 0.29) is 0 Å². The van der Waals surface area contributed by atoms with Gasteiger partial charge in [0.2, 0.25) is 5.95 Å². The Balaban J connectivity index is 1.52. The molecular weight excluding hydrogens is 380 g/mol. The van der Waals surface area contributed by atoms with Crippen LogP contribution in [-0.4, -0.2) is 59.5 Å². The Labute approximate surface area is 175 Å². The predicted molar refractivity (Wildman–Crippen MR) is 115 cm³/mol. The smallest absolute Gasteiger partial charge is 0.225 e. The predicted octanol–water partition coefficient (Wildman–Crippen LogP) is 3.33. The van der Waals surface area contributed by atoms with Crippen LogP contribution in [0.1, 0.15) is 25.0 Å². The van der Waals surface area contributed by atoms with Crippen molar-refractivity contribution in [2.75, 3.05) is 49.2 Å². The number of hydrogen-bond donors (Lipinski definition) is 0. The number of anilines is 2. The molecule has 8 nitrogen and oxygen atoms in total. The highest BCUT2D eigenvalue weighted by molar-refractivity contribution is 5.78. The lowest BCUT2D eigenvalue weighted by Crippen LogP contribution is -2.36. The monoisotopic (exact) mass is 406 g/mol. The highest BCUT2D eigenvalue weighted by Crippen LogP contribution is 2.32. The van der Waals surface area contributed by atoms with Crippen molar-refractivity contribution < 1.29 is 9.26 Å². The van der Waals surface area contributed by atoms with Gasteiger partial charge in [-0.25, -0.2) is 15.0 Å². The van der Waals surface area contributed by atoms with Crippen LogP contribution in [0, 0.1) is 6.92 Å². The van der Waals surface area contributed by atoms with Gasteiger partial charge in [0.15, 0.2) is 5.76 Å². The maximum absolute atomic E-state index is 5.53. The zero-order valence-electron chi connectivity index (χ0n) is 17.3. The fourth-order valence-corrected chi connectivity index (χ4v) is 4.02. The van der Waals surface area contributed by atoms with E-state index in [1.807, 2.05) is 25.4 Å². The van der Waals surface area contributed by atoms with Gasteiger partial charge in [0.1, 0.15) is 5.82 Å². The van der Waals surface area contributed by atoms with Crippen LogP contribution in [0.5, 0.6) is 0 Å². The summed E-state index contributed by atoms with van der Waals surface area (Å²) in [7, 11) is 0. The molecular formula is C22H26N6O2. The second kappa shape index (κ2) is 8.39. The molecule has 0 amide bonds. The summed E-state index contributed by atoms with van der Waals surface area (Å²) in [6, 6.07) is 6.05. The largest absolute Gasteiger partial charge is 0.378 e. The minimum atomic E-state index is 0.671. The van der Waals surface area contributed by atoms with Crippen LogP contribution in [0.2, 0.25) is 0 Å². The number of ether oxygens (including phenoxy) is 1. The molecule has 0 spiro atoms. The molecule has 0 radical (unpaired) electrons. The molecule has 2 saturated heterocycles. The van der Waals surface area contributed by atoms with E-state index >= 15 is 0 Å². The zero-order valence-corrected chi connectivity index (χ0v) is 17.3. The van der Waals surface area contributed by atoms with E-state index in [0.717, 1.165) is 73.7 Å². The maximum Gasteiger partial charge on any atom is 0.225 e. The van der Waals surface area contributed by atoms with Crippen LogP contribution in [-0.2, 0) is 4.74 Å². The number of aryl methyl sites for hydroxylation is 1. The van der Waals surface area contributed by atoms with Gasteiger partial charge in [-0.3, -0.25) is 0 Å². The summed E-state index contributed by atoms with van der Waals surface area (Å²) in [6.45, 7) is 7.10. The molecule has 8 heteroatoms. The molecule has 0 aromatic carbocycles. The minimum Gasteiger partial charge on any atom is -0.378 e. The van der Waals surface area contributed by atoms with E-state index < -0.39 is 0 Å². The minimum absolute atomic E-state index is 0.671. The second-order valence-electron chi connectivity index (χ2n) is 7.82. The van der Waals surface area contributed by atoms with Crippen LogP contribution in [0.15, 0.2) is 35.1 Å². The first kappa shape index (κ1) is 19.0. The van der Waals surface area contributed by atoms with Crippen LogP contribution in [0.25, 0.3) is 22.6 Å². The van der Waals surface area contributed by atoms with Gasteiger partial charge in [0, 0.05) is 50.2 Å². The van der Waals surface area contributed by atoms with Gasteiger partial charge in [-0.2, -0.15) is 0 Å². The molecule has 5 rings (SSSR count). The molecule has 3 aromatic rings. The molecule has 2 aliphatic rings. The van der Waals surface area contributed by atoms with Gasteiger partial charge >= 0.3 is 0 Å². The van der Waals surface area contributed by atoms with Crippen LogP contribution in [0.3, 0.4) is 0 Å². The summed E-state index contributed by atoms with van der Waals surface area (Å²) in [4.78, 5) is 18.8. The van der Waals surface area contributed by atoms with Gasteiger partial charge in [-0.05, 0) is 38.3 Å². The summed E-state index contributed by atoms with van der Waals surface area (Å²) < 4.78 is 11.0. The molecule has 5 heterocycles. The molecule has 2 fully saturated rings. The Hall–Kier alpha value is -3.00. The summed E-state index contributed by atoms with van der Waals surface area (Å²) in [5.74, 6) is 2.40. The van der Waals surface area contributed by atoms with Crippen LogP contribution < -0.4 is 9.80 Å². The van der Waals surface area contributed by atoms with Crippen molar-refractivity contribution >= 4 is 11.8 Å². The average molecular weight is 406 g/mol. The lowest BCUT2D eigenvalue weighted by molar-refractivity contribution is 0.122. The molecule has 2 aliphatic heterocycles. The zero-order chi connectivity index (χ0) is 20.3. The van der Waals surface area contributed by atoms with Gasteiger partial charge in [0.05, 0.1) is 30.2 Å². The van der Waals surface area contributed by atoms with E-state index in [0.29, 0.717) is 5.76 Å². The Morgan fingerprint density at radius 1 is 0.900 bits per heavy atom. The Bertz CT molecular complexity index is 991. The third-order valence-electron chi connectivity index (χ3n) is 5.66. The number of piperidine rings is 1. The number of hydrogen-bond acceptors (Lipinski definition) is 8.